The monoisotopic (exact) mass is 354 g/mol. The molecule has 0 spiro atoms. The van der Waals surface area contributed by atoms with E-state index in [1.54, 1.807) is 4.90 Å². The second-order valence-electron chi connectivity index (χ2n) is 7.21. The van der Waals surface area contributed by atoms with Crippen molar-refractivity contribution in [3.05, 3.63) is 35.9 Å². The largest absolute Gasteiger partial charge is 0.352 e. The highest BCUT2D eigenvalue weighted by molar-refractivity contribution is 5.94. The van der Waals surface area contributed by atoms with Crippen LogP contribution in [0.4, 0.5) is 0 Å². The summed E-state index contributed by atoms with van der Waals surface area (Å²) < 4.78 is 0. The van der Waals surface area contributed by atoms with Crippen molar-refractivity contribution in [2.45, 2.75) is 44.2 Å². The summed E-state index contributed by atoms with van der Waals surface area (Å²) in [5.74, 6) is 0.428. The number of rotatable bonds is 6. The van der Waals surface area contributed by atoms with Crippen LogP contribution >= 0.6 is 0 Å². The van der Waals surface area contributed by atoms with Gasteiger partial charge in [-0.1, -0.05) is 18.2 Å². The molecule has 1 aromatic rings. The molecule has 1 aliphatic carbocycles. The molecule has 3 atom stereocenters. The molecule has 1 saturated carbocycles. The zero-order valence-electron chi connectivity index (χ0n) is 15.0. The molecule has 6 heteroatoms. The minimum absolute atomic E-state index is 0.0230. The number of hydrogen-bond donors (Lipinski definition) is 2. The van der Waals surface area contributed by atoms with Gasteiger partial charge in [0.25, 0.3) is 5.91 Å². The lowest BCUT2D eigenvalue weighted by Gasteiger charge is -2.21. The zero-order chi connectivity index (χ0) is 18.4. The highest BCUT2D eigenvalue weighted by Crippen LogP contribution is 2.25. The average Bonchev–Trinajstić information content (AvgIpc) is 3.34. The number of amides is 2. The van der Waals surface area contributed by atoms with Gasteiger partial charge >= 0.3 is 0 Å². The molecule has 1 heterocycles. The van der Waals surface area contributed by atoms with Gasteiger partial charge in [0.15, 0.2) is 0 Å². The molecule has 0 radical (unpaired) electrons. The molecule has 0 bridgehead atoms. The van der Waals surface area contributed by atoms with E-state index in [4.69, 9.17) is 5.26 Å². The maximum absolute atomic E-state index is 12.3. The summed E-state index contributed by atoms with van der Waals surface area (Å²) in [6.07, 6.45) is 4.72. The van der Waals surface area contributed by atoms with Crippen LogP contribution in [0.25, 0.3) is 0 Å². The first-order valence-corrected chi connectivity index (χ1v) is 9.43. The summed E-state index contributed by atoms with van der Waals surface area (Å²) in [6.45, 7) is 1.66. The van der Waals surface area contributed by atoms with Crippen LogP contribution in [-0.4, -0.2) is 48.4 Å². The van der Waals surface area contributed by atoms with Gasteiger partial charge in [-0.05, 0) is 50.2 Å². The Kier molecular flexibility index (Phi) is 6.24. The first kappa shape index (κ1) is 18.4. The second-order valence-corrected chi connectivity index (χ2v) is 7.21. The SMILES string of the molecule is N#C[C@@H]1CCCN1C(=O)CNC1CCC(CNC(=O)c2ccccc2)C1. The quantitative estimate of drug-likeness (QED) is 0.814. The Morgan fingerprint density at radius 3 is 2.77 bits per heavy atom. The summed E-state index contributed by atoms with van der Waals surface area (Å²) in [4.78, 5) is 26.1. The van der Waals surface area contributed by atoms with Crippen molar-refractivity contribution in [1.29, 1.82) is 5.26 Å². The van der Waals surface area contributed by atoms with Crippen LogP contribution in [-0.2, 0) is 4.79 Å². The van der Waals surface area contributed by atoms with Crippen LogP contribution in [0.2, 0.25) is 0 Å². The fourth-order valence-electron chi connectivity index (χ4n) is 3.91. The van der Waals surface area contributed by atoms with Gasteiger partial charge in [0.05, 0.1) is 12.6 Å². The van der Waals surface area contributed by atoms with E-state index in [9.17, 15) is 9.59 Å². The number of carbonyl (C=O) groups excluding carboxylic acids is 2. The Morgan fingerprint density at radius 1 is 1.19 bits per heavy atom. The van der Waals surface area contributed by atoms with Crippen molar-refractivity contribution < 1.29 is 9.59 Å². The van der Waals surface area contributed by atoms with Crippen molar-refractivity contribution in [3.8, 4) is 6.07 Å². The molecule has 2 amide bonds. The van der Waals surface area contributed by atoms with Crippen molar-refractivity contribution in [3.63, 3.8) is 0 Å². The minimum Gasteiger partial charge on any atom is -0.352 e. The van der Waals surface area contributed by atoms with E-state index in [1.807, 2.05) is 30.3 Å². The third-order valence-corrected chi connectivity index (χ3v) is 5.39. The Balaban J connectivity index is 1.37. The van der Waals surface area contributed by atoms with Gasteiger partial charge in [-0.3, -0.25) is 9.59 Å². The molecule has 2 aliphatic rings. The molecule has 1 aromatic carbocycles. The molecule has 1 saturated heterocycles. The van der Waals surface area contributed by atoms with E-state index in [-0.39, 0.29) is 17.9 Å². The molecule has 2 fully saturated rings. The summed E-state index contributed by atoms with van der Waals surface area (Å²) in [5, 5.41) is 15.4. The van der Waals surface area contributed by atoms with Crippen molar-refractivity contribution >= 4 is 11.8 Å². The van der Waals surface area contributed by atoms with Crippen LogP contribution in [0.5, 0.6) is 0 Å². The predicted octanol–water partition coefficient (Wildman–Crippen LogP) is 1.69. The zero-order valence-corrected chi connectivity index (χ0v) is 15.0. The van der Waals surface area contributed by atoms with E-state index in [0.29, 0.717) is 37.2 Å². The van der Waals surface area contributed by atoms with E-state index in [1.165, 1.54) is 0 Å². The van der Waals surface area contributed by atoms with Gasteiger partial charge in [0, 0.05) is 24.7 Å². The topological polar surface area (TPSA) is 85.2 Å². The van der Waals surface area contributed by atoms with Crippen LogP contribution in [0.1, 0.15) is 42.5 Å². The summed E-state index contributed by atoms with van der Waals surface area (Å²) in [7, 11) is 0. The maximum atomic E-state index is 12.3. The third kappa shape index (κ3) is 4.61. The highest BCUT2D eigenvalue weighted by atomic mass is 16.2. The fraction of sp³-hybridized carbons (Fsp3) is 0.550. The molecule has 2 unspecified atom stereocenters. The Morgan fingerprint density at radius 2 is 2.00 bits per heavy atom. The first-order valence-electron chi connectivity index (χ1n) is 9.43. The standard InChI is InChI=1S/C20H26N4O2/c21-12-18-7-4-10-24(18)19(25)14-22-17-9-8-15(11-17)13-23-20(26)16-5-2-1-3-6-16/h1-3,5-6,15,17-18,22H,4,7-11,13-14H2,(H,23,26)/t15?,17?,18-/m0/s1. The summed E-state index contributed by atoms with van der Waals surface area (Å²) in [6, 6.07) is 11.5. The molecule has 3 rings (SSSR count). The molecule has 2 N–H and O–H groups in total. The molecule has 1 aliphatic heterocycles. The molecular formula is C20H26N4O2. The minimum atomic E-state index is -0.256. The normalized spacial score (nSPS) is 25.0. The maximum Gasteiger partial charge on any atom is 0.251 e. The molecule has 26 heavy (non-hydrogen) atoms. The van der Waals surface area contributed by atoms with Crippen LogP contribution in [0.3, 0.4) is 0 Å². The van der Waals surface area contributed by atoms with E-state index < -0.39 is 0 Å². The first-order chi connectivity index (χ1) is 12.7. The summed E-state index contributed by atoms with van der Waals surface area (Å²) in [5.41, 5.74) is 0.684. The number of nitriles is 1. The Labute approximate surface area is 154 Å². The van der Waals surface area contributed by atoms with Crippen LogP contribution in [0, 0.1) is 17.2 Å². The lowest BCUT2D eigenvalue weighted by atomic mass is 10.1. The van der Waals surface area contributed by atoms with Crippen molar-refractivity contribution in [2.24, 2.45) is 5.92 Å². The Hall–Kier alpha value is -2.39. The molecule has 138 valence electrons. The average molecular weight is 354 g/mol. The van der Waals surface area contributed by atoms with E-state index >= 15 is 0 Å². The van der Waals surface area contributed by atoms with Gasteiger partial charge in [-0.15, -0.1) is 0 Å². The number of hydrogen-bond acceptors (Lipinski definition) is 4. The lowest BCUT2D eigenvalue weighted by Crippen LogP contribution is -2.43. The Bertz CT molecular complexity index is 670. The van der Waals surface area contributed by atoms with E-state index in [0.717, 1.165) is 32.1 Å². The smallest absolute Gasteiger partial charge is 0.251 e. The second kappa shape index (κ2) is 8.81. The molecule has 6 nitrogen and oxygen atoms in total. The van der Waals surface area contributed by atoms with Gasteiger partial charge in [0.1, 0.15) is 6.04 Å². The number of nitrogens with one attached hydrogen (secondary N) is 2. The fourth-order valence-corrected chi connectivity index (χ4v) is 3.91. The van der Waals surface area contributed by atoms with Crippen LogP contribution in [0.15, 0.2) is 30.3 Å². The van der Waals surface area contributed by atoms with Gasteiger partial charge in [-0.25, -0.2) is 0 Å². The molecular weight excluding hydrogens is 328 g/mol. The third-order valence-electron chi connectivity index (χ3n) is 5.39. The summed E-state index contributed by atoms with van der Waals surface area (Å²) >= 11 is 0. The van der Waals surface area contributed by atoms with Gasteiger partial charge < -0.3 is 15.5 Å². The number of carbonyl (C=O) groups is 2. The van der Waals surface area contributed by atoms with Crippen LogP contribution < -0.4 is 10.6 Å². The number of benzene rings is 1. The van der Waals surface area contributed by atoms with Gasteiger partial charge in [-0.2, -0.15) is 5.26 Å². The molecule has 0 aromatic heterocycles. The number of nitrogens with zero attached hydrogens (tertiary/aromatic N) is 2. The predicted molar refractivity (Wildman–Crippen MR) is 98.3 cm³/mol. The highest BCUT2D eigenvalue weighted by Gasteiger charge is 2.30. The van der Waals surface area contributed by atoms with Crippen molar-refractivity contribution in [2.75, 3.05) is 19.6 Å². The van der Waals surface area contributed by atoms with E-state index in [2.05, 4.69) is 16.7 Å². The number of likely N-dealkylation sites (tertiary alicyclic amines) is 1. The lowest BCUT2D eigenvalue weighted by molar-refractivity contribution is -0.130. The van der Waals surface area contributed by atoms with Crippen molar-refractivity contribution in [1.82, 2.24) is 15.5 Å². The van der Waals surface area contributed by atoms with Gasteiger partial charge in [0.2, 0.25) is 5.91 Å².